The number of likely N-dealkylation sites (tertiary alicyclic amines) is 1. The molecule has 3 aliphatic rings. The number of aromatic nitrogens is 6. The van der Waals surface area contributed by atoms with Crippen LogP contribution in [0, 0.1) is 0 Å². The topological polar surface area (TPSA) is 120 Å². The Labute approximate surface area is 326 Å². The van der Waals surface area contributed by atoms with Crippen LogP contribution in [0.2, 0.25) is 5.02 Å². The summed E-state index contributed by atoms with van der Waals surface area (Å²) in [5.74, 6) is 1.49. The minimum Gasteiger partial charge on any atom is -0.360 e. The van der Waals surface area contributed by atoms with Crippen molar-refractivity contribution in [2.24, 2.45) is 0 Å². The van der Waals surface area contributed by atoms with Gasteiger partial charge < -0.3 is 30.0 Å². The molecule has 2 saturated carbocycles. The number of carbonyl (C=O) groups is 1. The number of rotatable bonds is 10. The van der Waals surface area contributed by atoms with Gasteiger partial charge in [-0.05, 0) is 70.2 Å². The molecule has 4 aromatic heterocycles. The smallest absolute Gasteiger partial charge is 0.245 e. The maximum absolute atomic E-state index is 12.1. The number of hydrogen-bond acceptors (Lipinski definition) is 8. The summed E-state index contributed by atoms with van der Waals surface area (Å²) in [6.07, 6.45) is 16.8. The quantitative estimate of drug-likeness (QED) is 0.120. The van der Waals surface area contributed by atoms with Crippen LogP contribution in [0.25, 0.3) is 44.3 Å². The zero-order chi connectivity index (χ0) is 37.6. The Morgan fingerprint density at radius 2 is 1.69 bits per heavy atom. The first kappa shape index (κ1) is 35.4. The summed E-state index contributed by atoms with van der Waals surface area (Å²) in [7, 11) is 4.11. The van der Waals surface area contributed by atoms with E-state index in [0.717, 1.165) is 101 Å². The number of aromatic amines is 1. The van der Waals surface area contributed by atoms with E-state index < -0.39 is 0 Å². The lowest BCUT2D eigenvalue weighted by molar-refractivity contribution is -0.127. The third-order valence-electron chi connectivity index (χ3n) is 12.2. The maximum Gasteiger partial charge on any atom is 0.245 e. The first-order valence-electron chi connectivity index (χ1n) is 19.5. The number of nitrogens with one attached hydrogen (secondary N) is 3. The molecule has 282 valence electrons. The van der Waals surface area contributed by atoms with E-state index in [1.807, 2.05) is 24.2 Å². The van der Waals surface area contributed by atoms with Crippen LogP contribution < -0.4 is 10.6 Å². The molecule has 4 atom stereocenters. The molecule has 0 radical (unpaired) electrons. The van der Waals surface area contributed by atoms with Gasteiger partial charge in [-0.15, -0.1) is 0 Å². The van der Waals surface area contributed by atoms with Crippen LogP contribution in [0.4, 0.5) is 11.9 Å². The summed E-state index contributed by atoms with van der Waals surface area (Å²) >= 11 is 6.92. The van der Waals surface area contributed by atoms with Gasteiger partial charge in [0.1, 0.15) is 0 Å². The molecule has 2 aliphatic carbocycles. The number of H-pyrrole nitrogens is 1. The van der Waals surface area contributed by atoms with Gasteiger partial charge in [-0.3, -0.25) is 4.79 Å². The molecule has 1 saturated heterocycles. The van der Waals surface area contributed by atoms with E-state index >= 15 is 0 Å². The number of piperidine rings is 1. The number of amides is 1. The van der Waals surface area contributed by atoms with Gasteiger partial charge in [-0.2, -0.15) is 0 Å². The van der Waals surface area contributed by atoms with Gasteiger partial charge in [-0.1, -0.05) is 54.6 Å². The van der Waals surface area contributed by atoms with Crippen molar-refractivity contribution in [1.82, 2.24) is 39.3 Å². The zero-order valence-corrected chi connectivity index (χ0v) is 32.1. The lowest BCUT2D eigenvalue weighted by Crippen LogP contribution is -2.50. The van der Waals surface area contributed by atoms with Crippen LogP contribution in [0.15, 0.2) is 86.0 Å². The molecule has 9 rings (SSSR count). The van der Waals surface area contributed by atoms with E-state index in [2.05, 4.69) is 104 Å². The standard InChI is InChI=1S/C43H47ClN10O/c1-4-39(55)53-18-16-27(17-19-53)52(3)28-11-9-10-26(20-28)49-43-48-24-35(44)41(51-43)34-25-54(37-15-8-6-13-30(34)37)38-21-31(38)33-23-47-42(45-2)50-40(33)32-22-46-36-14-7-5-12-29(32)36/h4-8,12-15,22-28,31,38,46H,1,9-11,16-21H2,2-3H3,(H,45,47,50)(H,48,49,51)/t26-,28+,31?,38?/m1/s1. The molecule has 12 heteroatoms. The van der Waals surface area contributed by atoms with Crippen molar-refractivity contribution in [2.75, 3.05) is 37.8 Å². The Kier molecular flexibility index (Phi) is 9.51. The van der Waals surface area contributed by atoms with Crippen LogP contribution in [0.1, 0.15) is 62.5 Å². The van der Waals surface area contributed by atoms with E-state index in [4.69, 9.17) is 21.6 Å². The molecule has 2 aromatic carbocycles. The van der Waals surface area contributed by atoms with Crippen molar-refractivity contribution in [3.05, 3.63) is 96.6 Å². The Balaban J connectivity index is 0.956. The summed E-state index contributed by atoms with van der Waals surface area (Å²) in [5.41, 5.74) is 7.15. The average Bonchev–Trinajstić information content (AvgIpc) is 3.74. The first-order chi connectivity index (χ1) is 26.9. The number of halogens is 1. The van der Waals surface area contributed by atoms with E-state index in [1.54, 1.807) is 6.20 Å². The highest BCUT2D eigenvalue weighted by Crippen LogP contribution is 2.55. The Hall–Kier alpha value is -5.26. The van der Waals surface area contributed by atoms with Crippen molar-refractivity contribution in [3.8, 4) is 22.5 Å². The number of anilines is 2. The molecule has 3 N–H and O–H groups in total. The number of carbonyl (C=O) groups excluding carboxylic acids is 1. The first-order valence-corrected chi connectivity index (χ1v) is 19.9. The molecule has 11 nitrogen and oxygen atoms in total. The summed E-state index contributed by atoms with van der Waals surface area (Å²) in [6, 6.07) is 18.3. The highest BCUT2D eigenvalue weighted by Gasteiger charge is 2.43. The molecule has 5 heterocycles. The minimum absolute atomic E-state index is 0.0355. The fourth-order valence-electron chi connectivity index (χ4n) is 9.15. The monoisotopic (exact) mass is 754 g/mol. The number of nitrogens with zero attached hydrogens (tertiary/aromatic N) is 7. The summed E-state index contributed by atoms with van der Waals surface area (Å²) < 4.78 is 2.39. The predicted molar refractivity (Wildman–Crippen MR) is 220 cm³/mol. The van der Waals surface area contributed by atoms with Gasteiger partial charge in [0.15, 0.2) is 0 Å². The van der Waals surface area contributed by atoms with Crippen LogP contribution in [0.5, 0.6) is 0 Å². The second-order valence-electron chi connectivity index (χ2n) is 15.4. The predicted octanol–water partition coefficient (Wildman–Crippen LogP) is 8.29. The summed E-state index contributed by atoms with van der Waals surface area (Å²) in [4.78, 5) is 39.4. The van der Waals surface area contributed by atoms with Gasteiger partial charge >= 0.3 is 0 Å². The number of hydrogen-bond donors (Lipinski definition) is 3. The van der Waals surface area contributed by atoms with E-state index in [9.17, 15) is 4.79 Å². The Morgan fingerprint density at radius 3 is 2.51 bits per heavy atom. The fourth-order valence-corrected chi connectivity index (χ4v) is 9.34. The number of fused-ring (bicyclic) bond motifs is 2. The van der Waals surface area contributed by atoms with Crippen molar-refractivity contribution < 1.29 is 4.79 Å². The fraction of sp³-hybridized carbons (Fsp3) is 0.372. The van der Waals surface area contributed by atoms with Crippen LogP contribution in [-0.2, 0) is 4.79 Å². The minimum atomic E-state index is 0.0355. The second-order valence-corrected chi connectivity index (χ2v) is 15.8. The highest BCUT2D eigenvalue weighted by molar-refractivity contribution is 6.33. The SMILES string of the molecule is C=CC(=O)N1CCC(N(C)[C@H]2CCC[C@@H](Nc3ncc(Cl)c(-c4cn(C5CC5c5cnc(NC)nc5-c5c[nH]c6ccccc56)c5ccccc45)n3)C2)CC1. The third-order valence-corrected chi connectivity index (χ3v) is 12.5. The van der Waals surface area contributed by atoms with Crippen molar-refractivity contribution in [3.63, 3.8) is 0 Å². The van der Waals surface area contributed by atoms with Gasteiger partial charge in [0.05, 0.1) is 22.6 Å². The Morgan fingerprint density at radius 1 is 0.927 bits per heavy atom. The largest absolute Gasteiger partial charge is 0.360 e. The lowest BCUT2D eigenvalue weighted by Gasteiger charge is -2.43. The van der Waals surface area contributed by atoms with E-state index in [1.165, 1.54) is 12.5 Å². The molecule has 55 heavy (non-hydrogen) atoms. The number of benzene rings is 2. The second kappa shape index (κ2) is 14.8. The van der Waals surface area contributed by atoms with Crippen molar-refractivity contribution >= 4 is 51.2 Å². The summed E-state index contributed by atoms with van der Waals surface area (Å²) in [6.45, 7) is 5.24. The van der Waals surface area contributed by atoms with Gasteiger partial charge in [0.2, 0.25) is 17.8 Å². The van der Waals surface area contributed by atoms with E-state index in [0.29, 0.717) is 29.0 Å². The summed E-state index contributed by atoms with van der Waals surface area (Å²) in [5, 5.41) is 9.61. The molecular weight excluding hydrogens is 708 g/mol. The van der Waals surface area contributed by atoms with Crippen molar-refractivity contribution in [1.29, 1.82) is 0 Å². The highest BCUT2D eigenvalue weighted by atomic mass is 35.5. The van der Waals surface area contributed by atoms with Crippen LogP contribution in [0.3, 0.4) is 0 Å². The average molecular weight is 755 g/mol. The maximum atomic E-state index is 12.1. The van der Waals surface area contributed by atoms with Crippen LogP contribution in [-0.4, -0.2) is 90.5 Å². The van der Waals surface area contributed by atoms with Gasteiger partial charge in [-0.25, -0.2) is 19.9 Å². The number of para-hydroxylation sites is 2. The van der Waals surface area contributed by atoms with Gasteiger partial charge in [0.25, 0.3) is 0 Å². The molecule has 0 bridgehead atoms. The molecule has 3 fully saturated rings. The third kappa shape index (κ3) is 6.73. The van der Waals surface area contributed by atoms with Crippen molar-refractivity contribution in [2.45, 2.75) is 75.0 Å². The van der Waals surface area contributed by atoms with Crippen LogP contribution >= 0.6 is 11.6 Å². The Bertz CT molecular complexity index is 2380. The van der Waals surface area contributed by atoms with Gasteiger partial charge in [0, 0.05) is 107 Å². The molecular formula is C43H47ClN10O. The molecule has 1 amide bonds. The zero-order valence-electron chi connectivity index (χ0n) is 31.4. The molecule has 2 unspecified atom stereocenters. The molecule has 1 aliphatic heterocycles. The van der Waals surface area contributed by atoms with E-state index in [-0.39, 0.29) is 23.9 Å². The molecule has 0 spiro atoms. The normalized spacial score (nSPS) is 21.6. The lowest BCUT2D eigenvalue weighted by atomic mass is 9.88. The molecule has 6 aromatic rings.